The van der Waals surface area contributed by atoms with E-state index in [2.05, 4.69) is 15.5 Å². The van der Waals surface area contributed by atoms with Gasteiger partial charge in [-0.2, -0.15) is 0 Å². The molecule has 26 heavy (non-hydrogen) atoms. The van der Waals surface area contributed by atoms with Crippen LogP contribution in [-0.4, -0.2) is 21.9 Å². The molecular weight excluding hydrogens is 393 g/mol. The number of thioether (sulfide) groups is 1. The number of nitrogens with zero attached hydrogens (tertiary/aromatic N) is 2. The fourth-order valence-electron chi connectivity index (χ4n) is 2.21. The van der Waals surface area contributed by atoms with Gasteiger partial charge in [-0.25, -0.2) is 0 Å². The number of amides is 1. The van der Waals surface area contributed by atoms with Crippen molar-refractivity contribution in [3.05, 3.63) is 57.6 Å². The number of nitrogens with one attached hydrogen (secondary N) is 1. The summed E-state index contributed by atoms with van der Waals surface area (Å²) in [5.74, 6) is 0.329. The van der Waals surface area contributed by atoms with Crippen LogP contribution in [0.4, 0.5) is 5.69 Å². The first-order chi connectivity index (χ1) is 12.4. The summed E-state index contributed by atoms with van der Waals surface area (Å²) in [6, 6.07) is 10.8. The van der Waals surface area contributed by atoms with E-state index in [9.17, 15) is 4.79 Å². The van der Waals surface area contributed by atoms with Crippen LogP contribution in [0.25, 0.3) is 11.5 Å². The maximum Gasteiger partial charge on any atom is 0.277 e. The molecule has 1 aromatic heterocycles. The van der Waals surface area contributed by atoms with Gasteiger partial charge in [0, 0.05) is 21.3 Å². The molecule has 0 spiro atoms. The highest BCUT2D eigenvalue weighted by molar-refractivity contribution is 7.99. The van der Waals surface area contributed by atoms with E-state index in [0.717, 1.165) is 22.9 Å². The summed E-state index contributed by atoms with van der Waals surface area (Å²) >= 11 is 13.0. The normalized spacial score (nSPS) is 10.8. The van der Waals surface area contributed by atoms with Crippen molar-refractivity contribution < 1.29 is 9.21 Å². The van der Waals surface area contributed by atoms with Crippen LogP contribution in [-0.2, 0) is 4.79 Å². The Hall–Kier alpha value is -2.02. The molecule has 0 unspecified atom stereocenters. The molecule has 8 heteroatoms. The van der Waals surface area contributed by atoms with E-state index < -0.39 is 0 Å². The molecule has 1 heterocycles. The number of carbonyl (C=O) groups excluding carboxylic acids is 1. The van der Waals surface area contributed by atoms with Crippen LogP contribution >= 0.6 is 35.0 Å². The standard InChI is InChI=1S/C18H15Cl2N3O2S/c1-10-3-4-12(5-11(10)2)17-22-23-18(25-17)26-9-16(24)21-15-7-13(19)6-14(20)8-15/h3-8H,9H2,1-2H3,(H,21,24). The van der Waals surface area contributed by atoms with Crippen molar-refractivity contribution in [1.82, 2.24) is 10.2 Å². The molecule has 0 aliphatic heterocycles. The summed E-state index contributed by atoms with van der Waals surface area (Å²) in [5.41, 5.74) is 3.73. The fourth-order valence-corrected chi connectivity index (χ4v) is 3.30. The van der Waals surface area contributed by atoms with Crippen LogP contribution in [0, 0.1) is 13.8 Å². The third-order valence-electron chi connectivity index (χ3n) is 3.63. The average molecular weight is 408 g/mol. The molecule has 1 N–H and O–H groups in total. The van der Waals surface area contributed by atoms with E-state index in [1.807, 2.05) is 32.0 Å². The smallest absolute Gasteiger partial charge is 0.277 e. The van der Waals surface area contributed by atoms with E-state index in [0.29, 0.717) is 26.8 Å². The van der Waals surface area contributed by atoms with Crippen LogP contribution < -0.4 is 5.32 Å². The fraction of sp³-hybridized carbons (Fsp3) is 0.167. The second kappa shape index (κ2) is 8.12. The first-order valence-electron chi connectivity index (χ1n) is 7.70. The van der Waals surface area contributed by atoms with Crippen molar-refractivity contribution in [3.63, 3.8) is 0 Å². The molecule has 0 saturated carbocycles. The Morgan fingerprint density at radius 1 is 1.08 bits per heavy atom. The number of halogens is 2. The highest BCUT2D eigenvalue weighted by Gasteiger charge is 2.12. The van der Waals surface area contributed by atoms with Gasteiger partial charge < -0.3 is 9.73 Å². The number of hydrogen-bond acceptors (Lipinski definition) is 5. The Morgan fingerprint density at radius 2 is 1.81 bits per heavy atom. The van der Waals surface area contributed by atoms with Gasteiger partial charge in [0.2, 0.25) is 11.8 Å². The average Bonchev–Trinajstić information content (AvgIpc) is 3.03. The molecule has 3 rings (SSSR count). The second-order valence-electron chi connectivity index (χ2n) is 5.67. The minimum absolute atomic E-state index is 0.124. The highest BCUT2D eigenvalue weighted by Crippen LogP contribution is 2.26. The lowest BCUT2D eigenvalue weighted by molar-refractivity contribution is -0.113. The molecule has 0 bridgehead atoms. The number of aromatic nitrogens is 2. The van der Waals surface area contributed by atoms with Gasteiger partial charge in [0.05, 0.1) is 5.75 Å². The van der Waals surface area contributed by atoms with Crippen molar-refractivity contribution in [2.24, 2.45) is 0 Å². The molecule has 0 aliphatic rings. The van der Waals surface area contributed by atoms with Crippen LogP contribution in [0.2, 0.25) is 10.0 Å². The lowest BCUT2D eigenvalue weighted by Crippen LogP contribution is -2.13. The monoisotopic (exact) mass is 407 g/mol. The molecule has 0 saturated heterocycles. The summed E-state index contributed by atoms with van der Waals surface area (Å²) in [7, 11) is 0. The molecule has 0 radical (unpaired) electrons. The topological polar surface area (TPSA) is 68.0 Å². The number of carbonyl (C=O) groups is 1. The van der Waals surface area contributed by atoms with E-state index in [4.69, 9.17) is 27.6 Å². The van der Waals surface area contributed by atoms with Crippen molar-refractivity contribution in [3.8, 4) is 11.5 Å². The van der Waals surface area contributed by atoms with Gasteiger partial charge in [-0.3, -0.25) is 4.79 Å². The quantitative estimate of drug-likeness (QED) is 0.574. The second-order valence-corrected chi connectivity index (χ2v) is 7.47. The minimum atomic E-state index is -0.223. The van der Waals surface area contributed by atoms with Gasteiger partial charge in [0.1, 0.15) is 0 Å². The van der Waals surface area contributed by atoms with Gasteiger partial charge in [0.15, 0.2) is 0 Å². The zero-order valence-electron chi connectivity index (χ0n) is 14.0. The maximum atomic E-state index is 12.1. The molecule has 5 nitrogen and oxygen atoms in total. The highest BCUT2D eigenvalue weighted by atomic mass is 35.5. The molecule has 0 aliphatic carbocycles. The van der Waals surface area contributed by atoms with Crippen LogP contribution in [0.15, 0.2) is 46.0 Å². The van der Waals surface area contributed by atoms with Gasteiger partial charge in [-0.1, -0.05) is 41.0 Å². The molecule has 0 fully saturated rings. The zero-order valence-corrected chi connectivity index (χ0v) is 16.4. The first-order valence-corrected chi connectivity index (χ1v) is 9.45. The molecule has 2 aromatic carbocycles. The van der Waals surface area contributed by atoms with E-state index in [1.54, 1.807) is 18.2 Å². The van der Waals surface area contributed by atoms with Gasteiger partial charge in [-0.15, -0.1) is 10.2 Å². The molecular formula is C18H15Cl2N3O2S. The predicted molar refractivity (Wildman–Crippen MR) is 105 cm³/mol. The minimum Gasteiger partial charge on any atom is -0.411 e. The molecule has 1 amide bonds. The third kappa shape index (κ3) is 4.78. The summed E-state index contributed by atoms with van der Waals surface area (Å²) in [6.45, 7) is 4.07. The number of rotatable bonds is 5. The number of hydrogen-bond donors (Lipinski definition) is 1. The Morgan fingerprint density at radius 3 is 2.50 bits per heavy atom. The number of anilines is 1. The number of aryl methyl sites for hydroxylation is 2. The Balaban J connectivity index is 1.60. The van der Waals surface area contributed by atoms with Crippen molar-refractivity contribution >= 4 is 46.6 Å². The van der Waals surface area contributed by atoms with Gasteiger partial charge >= 0.3 is 0 Å². The summed E-state index contributed by atoms with van der Waals surface area (Å²) in [5, 5.41) is 12.0. The van der Waals surface area contributed by atoms with Gasteiger partial charge in [-0.05, 0) is 55.3 Å². The Bertz CT molecular complexity index is 939. The van der Waals surface area contributed by atoms with Crippen LogP contribution in [0.3, 0.4) is 0 Å². The van der Waals surface area contributed by atoms with Crippen molar-refractivity contribution in [2.45, 2.75) is 19.1 Å². The largest absolute Gasteiger partial charge is 0.411 e. The SMILES string of the molecule is Cc1ccc(-c2nnc(SCC(=O)Nc3cc(Cl)cc(Cl)c3)o2)cc1C. The molecule has 0 atom stereocenters. The van der Waals surface area contributed by atoms with Gasteiger partial charge in [0.25, 0.3) is 5.22 Å². The summed E-state index contributed by atoms with van der Waals surface area (Å²) in [6.07, 6.45) is 0. The van der Waals surface area contributed by atoms with Crippen LogP contribution in [0.1, 0.15) is 11.1 Å². The lowest BCUT2D eigenvalue weighted by Gasteiger charge is -2.05. The molecule has 134 valence electrons. The Kier molecular flexibility index (Phi) is 5.86. The third-order valence-corrected chi connectivity index (χ3v) is 4.89. The lowest BCUT2D eigenvalue weighted by atomic mass is 10.1. The van der Waals surface area contributed by atoms with E-state index in [1.165, 1.54) is 5.56 Å². The van der Waals surface area contributed by atoms with E-state index in [-0.39, 0.29) is 11.7 Å². The number of benzene rings is 2. The predicted octanol–water partition coefficient (Wildman–Crippen LogP) is 5.39. The first kappa shape index (κ1) is 18.8. The maximum absolute atomic E-state index is 12.1. The molecule has 3 aromatic rings. The zero-order chi connectivity index (χ0) is 18.7. The van der Waals surface area contributed by atoms with E-state index >= 15 is 0 Å². The summed E-state index contributed by atoms with van der Waals surface area (Å²) in [4.78, 5) is 12.1. The van der Waals surface area contributed by atoms with Crippen LogP contribution in [0.5, 0.6) is 0 Å². The van der Waals surface area contributed by atoms with Crippen molar-refractivity contribution in [1.29, 1.82) is 0 Å². The van der Waals surface area contributed by atoms with Crippen molar-refractivity contribution in [2.75, 3.05) is 11.1 Å². The Labute approximate surface area is 165 Å². The summed E-state index contributed by atoms with van der Waals surface area (Å²) < 4.78 is 5.62.